The van der Waals surface area contributed by atoms with Crippen LogP contribution in [0.3, 0.4) is 0 Å². The first-order valence-electron chi connectivity index (χ1n) is 8.92. The van der Waals surface area contributed by atoms with Crippen molar-refractivity contribution in [1.29, 1.82) is 0 Å². The molecule has 1 aliphatic rings. The summed E-state index contributed by atoms with van der Waals surface area (Å²) in [4.78, 5) is 2.40. The van der Waals surface area contributed by atoms with Crippen molar-refractivity contribution in [3.63, 3.8) is 0 Å². The van der Waals surface area contributed by atoms with Crippen LogP contribution in [0.25, 0.3) is 0 Å². The number of hydrogen-bond donors (Lipinski definition) is 1. The summed E-state index contributed by atoms with van der Waals surface area (Å²) in [5, 5.41) is 0. The summed E-state index contributed by atoms with van der Waals surface area (Å²) in [6, 6.07) is 18.6. The zero-order valence-electron chi connectivity index (χ0n) is 14.6. The van der Waals surface area contributed by atoms with Crippen LogP contribution in [0.15, 0.2) is 78.5 Å². The summed E-state index contributed by atoms with van der Waals surface area (Å²) in [7, 11) is 0. The van der Waals surface area contributed by atoms with Crippen molar-refractivity contribution in [2.24, 2.45) is 5.73 Å². The molecule has 3 heteroatoms. The summed E-state index contributed by atoms with van der Waals surface area (Å²) in [5.74, 6) is 0.879. The molecule has 2 aromatic rings. The molecule has 0 aromatic heterocycles. The van der Waals surface area contributed by atoms with Gasteiger partial charge in [-0.25, -0.2) is 0 Å². The van der Waals surface area contributed by atoms with E-state index >= 15 is 0 Å². The number of para-hydroxylation sites is 1. The van der Waals surface area contributed by atoms with Gasteiger partial charge in [-0.05, 0) is 30.5 Å². The van der Waals surface area contributed by atoms with E-state index in [0.29, 0.717) is 13.2 Å². The van der Waals surface area contributed by atoms with Crippen LogP contribution in [-0.2, 0) is 13.0 Å². The topological polar surface area (TPSA) is 38.5 Å². The maximum absolute atomic E-state index is 6.04. The van der Waals surface area contributed by atoms with Gasteiger partial charge in [-0.2, -0.15) is 0 Å². The Morgan fingerprint density at radius 3 is 2.64 bits per heavy atom. The molecule has 0 atom stereocenters. The number of nitrogens with two attached hydrogens (primary N) is 1. The number of hydrogen-bond acceptors (Lipinski definition) is 3. The average Bonchev–Trinajstić information content (AvgIpc) is 2.68. The van der Waals surface area contributed by atoms with E-state index in [2.05, 4.69) is 53.5 Å². The van der Waals surface area contributed by atoms with Crippen LogP contribution < -0.4 is 10.5 Å². The largest absolute Gasteiger partial charge is 0.487 e. The van der Waals surface area contributed by atoms with Crippen LogP contribution in [-0.4, -0.2) is 24.6 Å². The highest BCUT2D eigenvalue weighted by Gasteiger charge is 2.12. The second-order valence-electron chi connectivity index (χ2n) is 6.22. The monoisotopic (exact) mass is 334 g/mol. The lowest BCUT2D eigenvalue weighted by atomic mass is 10.1. The molecule has 25 heavy (non-hydrogen) atoms. The van der Waals surface area contributed by atoms with Crippen molar-refractivity contribution in [3.8, 4) is 5.75 Å². The van der Waals surface area contributed by atoms with E-state index in [1.54, 1.807) is 0 Å². The van der Waals surface area contributed by atoms with E-state index in [-0.39, 0.29) is 0 Å². The standard InChI is InChI=1S/C22H26N2O/c23-17-20-12-4-5-14-22(20)25-18-21-13-6-7-15-24(21)16-8-11-19-9-2-1-3-10-19/h1-7,9-10,12-14H,8,11,15-18,23H2. The summed E-state index contributed by atoms with van der Waals surface area (Å²) < 4.78 is 6.04. The Hall–Kier alpha value is -2.52. The minimum absolute atomic E-state index is 0.496. The Bertz CT molecular complexity index is 722. The fourth-order valence-electron chi connectivity index (χ4n) is 3.05. The molecule has 3 rings (SSSR count). The van der Waals surface area contributed by atoms with Crippen molar-refractivity contribution in [2.75, 3.05) is 19.7 Å². The molecule has 1 aliphatic heterocycles. The fraction of sp³-hybridized carbons (Fsp3) is 0.273. The first-order chi connectivity index (χ1) is 12.4. The van der Waals surface area contributed by atoms with E-state index in [1.165, 1.54) is 11.3 Å². The fourth-order valence-corrected chi connectivity index (χ4v) is 3.05. The lowest BCUT2D eigenvalue weighted by Gasteiger charge is -2.28. The minimum Gasteiger partial charge on any atom is -0.487 e. The van der Waals surface area contributed by atoms with Crippen molar-refractivity contribution < 1.29 is 4.74 Å². The second kappa shape index (κ2) is 9.09. The van der Waals surface area contributed by atoms with Crippen LogP contribution >= 0.6 is 0 Å². The third kappa shape index (κ3) is 4.97. The smallest absolute Gasteiger partial charge is 0.128 e. The van der Waals surface area contributed by atoms with Crippen LogP contribution in [0.2, 0.25) is 0 Å². The molecule has 2 aromatic carbocycles. The molecular formula is C22H26N2O. The summed E-state index contributed by atoms with van der Waals surface area (Å²) in [6.07, 6.45) is 8.69. The van der Waals surface area contributed by atoms with E-state index in [9.17, 15) is 0 Å². The predicted molar refractivity (Wildman–Crippen MR) is 103 cm³/mol. The molecule has 2 N–H and O–H groups in total. The Balaban J connectivity index is 1.54. The maximum Gasteiger partial charge on any atom is 0.128 e. The van der Waals surface area contributed by atoms with Crippen LogP contribution in [0.5, 0.6) is 5.75 Å². The van der Waals surface area contributed by atoms with Gasteiger partial charge in [0.2, 0.25) is 0 Å². The average molecular weight is 334 g/mol. The predicted octanol–water partition coefficient (Wildman–Crippen LogP) is 3.91. The Kier molecular flexibility index (Phi) is 6.29. The highest BCUT2D eigenvalue weighted by molar-refractivity contribution is 5.33. The first-order valence-corrected chi connectivity index (χ1v) is 8.92. The van der Waals surface area contributed by atoms with Gasteiger partial charge in [0.15, 0.2) is 0 Å². The summed E-state index contributed by atoms with van der Waals surface area (Å²) >= 11 is 0. The third-order valence-electron chi connectivity index (χ3n) is 4.46. The van der Waals surface area contributed by atoms with Gasteiger partial charge in [-0.15, -0.1) is 0 Å². The number of ether oxygens (including phenoxy) is 1. The van der Waals surface area contributed by atoms with Gasteiger partial charge in [-0.3, -0.25) is 0 Å². The molecule has 0 saturated carbocycles. The number of nitrogens with zero attached hydrogens (tertiary/aromatic N) is 1. The molecule has 130 valence electrons. The van der Waals surface area contributed by atoms with E-state index in [1.807, 2.05) is 24.3 Å². The number of allylic oxidation sites excluding steroid dienone is 2. The zero-order chi connectivity index (χ0) is 17.3. The zero-order valence-corrected chi connectivity index (χ0v) is 14.6. The quantitative estimate of drug-likeness (QED) is 0.795. The Morgan fingerprint density at radius 1 is 1.00 bits per heavy atom. The number of benzene rings is 2. The Labute approximate surface area is 150 Å². The first kappa shape index (κ1) is 17.3. The molecule has 0 amide bonds. The molecule has 0 aliphatic carbocycles. The van der Waals surface area contributed by atoms with Crippen molar-refractivity contribution in [2.45, 2.75) is 19.4 Å². The molecule has 0 fully saturated rings. The summed E-state index contributed by atoms with van der Waals surface area (Å²) in [5.41, 5.74) is 9.46. The summed E-state index contributed by atoms with van der Waals surface area (Å²) in [6.45, 7) is 3.05. The van der Waals surface area contributed by atoms with Gasteiger partial charge in [-0.1, -0.05) is 60.7 Å². The van der Waals surface area contributed by atoms with Crippen molar-refractivity contribution in [1.82, 2.24) is 4.90 Å². The third-order valence-corrected chi connectivity index (χ3v) is 4.46. The van der Waals surface area contributed by atoms with Crippen molar-refractivity contribution >= 4 is 0 Å². The molecule has 0 unspecified atom stereocenters. The number of aryl methyl sites for hydroxylation is 1. The lowest BCUT2D eigenvalue weighted by Crippen LogP contribution is -2.29. The SMILES string of the molecule is NCc1ccccc1OCC1=CC=CCN1CCCc1ccccc1. The van der Waals surface area contributed by atoms with Crippen LogP contribution in [0.1, 0.15) is 17.5 Å². The minimum atomic E-state index is 0.496. The van der Waals surface area contributed by atoms with E-state index in [0.717, 1.165) is 37.2 Å². The normalized spacial score (nSPS) is 13.6. The molecule has 0 bridgehead atoms. The highest BCUT2D eigenvalue weighted by Crippen LogP contribution is 2.20. The van der Waals surface area contributed by atoms with E-state index < -0.39 is 0 Å². The number of rotatable bonds is 8. The molecular weight excluding hydrogens is 308 g/mol. The molecule has 1 heterocycles. The van der Waals surface area contributed by atoms with Gasteiger partial charge >= 0.3 is 0 Å². The molecule has 0 radical (unpaired) electrons. The highest BCUT2D eigenvalue weighted by atomic mass is 16.5. The van der Waals surface area contributed by atoms with Gasteiger partial charge in [0.25, 0.3) is 0 Å². The van der Waals surface area contributed by atoms with Crippen LogP contribution in [0.4, 0.5) is 0 Å². The van der Waals surface area contributed by atoms with E-state index in [4.69, 9.17) is 10.5 Å². The van der Waals surface area contributed by atoms with Crippen LogP contribution in [0, 0.1) is 0 Å². The van der Waals surface area contributed by atoms with Gasteiger partial charge in [0.1, 0.15) is 12.4 Å². The lowest BCUT2D eigenvalue weighted by molar-refractivity contribution is 0.273. The van der Waals surface area contributed by atoms with Gasteiger partial charge < -0.3 is 15.4 Å². The van der Waals surface area contributed by atoms with Gasteiger partial charge in [0, 0.05) is 25.2 Å². The second-order valence-corrected chi connectivity index (χ2v) is 6.22. The van der Waals surface area contributed by atoms with Gasteiger partial charge in [0.05, 0.1) is 5.70 Å². The van der Waals surface area contributed by atoms with Crippen molar-refractivity contribution in [3.05, 3.63) is 89.6 Å². The molecule has 0 spiro atoms. The molecule has 0 saturated heterocycles. The maximum atomic E-state index is 6.04. The molecule has 3 nitrogen and oxygen atoms in total. The Morgan fingerprint density at radius 2 is 1.80 bits per heavy atom.